The van der Waals surface area contributed by atoms with E-state index in [1.165, 1.54) is 64.5 Å². The zero-order valence-corrected chi connectivity index (χ0v) is 32.9. The van der Waals surface area contributed by atoms with Crippen molar-refractivity contribution in [3.05, 3.63) is 100 Å². The second-order valence-corrected chi connectivity index (χ2v) is 13.8. The minimum atomic E-state index is -1.10. The van der Waals surface area contributed by atoms with Crippen LogP contribution in [0, 0.1) is 5.82 Å². The number of carboxylic acid groups (broad SMARTS) is 1. The molecule has 58 heavy (non-hydrogen) atoms. The first-order valence-corrected chi connectivity index (χ1v) is 19.3. The average Bonchev–Trinajstić information content (AvgIpc) is 3.78. The van der Waals surface area contributed by atoms with Crippen LogP contribution < -0.4 is 10.2 Å². The van der Waals surface area contributed by atoms with Gasteiger partial charge in [0.15, 0.2) is 5.82 Å². The summed E-state index contributed by atoms with van der Waals surface area (Å²) in [5, 5.41) is 23.2. The van der Waals surface area contributed by atoms with Crippen molar-refractivity contribution in [3.8, 4) is 5.69 Å². The van der Waals surface area contributed by atoms with E-state index < -0.39 is 29.6 Å². The van der Waals surface area contributed by atoms with Gasteiger partial charge in [-0.15, -0.1) is 5.10 Å². The van der Waals surface area contributed by atoms with E-state index in [0.29, 0.717) is 63.9 Å². The van der Waals surface area contributed by atoms with Gasteiger partial charge in [0.05, 0.1) is 62.5 Å². The molecule has 0 saturated carbocycles. The summed E-state index contributed by atoms with van der Waals surface area (Å²) in [5.41, 5.74) is 3.29. The minimum Gasteiger partial charge on any atom is -0.478 e. The van der Waals surface area contributed by atoms with Gasteiger partial charge in [0.1, 0.15) is 12.4 Å². The molecule has 2 aliphatic heterocycles. The van der Waals surface area contributed by atoms with E-state index in [1.54, 1.807) is 7.11 Å². The standard InChI is InChI=1S/C40H46ClFN8O8/c1-55-21-22-57-25-26-58-24-23-56-20-19-47-15-17-48(18-16-47)34-4-2-3-31-30(34)13-14-49(38(31)39(52)44-29-7-5-28(6-8-29)40(53)54)36(51)12-9-32-35(50-27-43-45-46-50)11-10-33(41)37(32)42/h2-12,27,38H,13-26H2,1H3,(H,44,52)(H,53,54)/b12-9+. The molecule has 0 radical (unpaired) electrons. The summed E-state index contributed by atoms with van der Waals surface area (Å²) >= 11 is 6.11. The molecule has 16 nitrogen and oxygen atoms in total. The highest BCUT2D eigenvalue weighted by Gasteiger charge is 2.37. The normalized spacial score (nSPS) is 15.8. The molecular weight excluding hydrogens is 775 g/mol. The number of ether oxygens (including phenoxy) is 4. The predicted octanol–water partition coefficient (Wildman–Crippen LogP) is 3.75. The molecule has 6 rings (SSSR count). The van der Waals surface area contributed by atoms with Crippen molar-refractivity contribution < 1.29 is 42.8 Å². The molecule has 4 aromatic rings. The number of rotatable bonds is 19. The number of carbonyl (C=O) groups is 3. The fourth-order valence-electron chi connectivity index (χ4n) is 6.90. The van der Waals surface area contributed by atoms with Gasteiger partial charge in [-0.3, -0.25) is 14.5 Å². The van der Waals surface area contributed by atoms with Crippen molar-refractivity contribution in [3.63, 3.8) is 0 Å². The number of tetrazole rings is 1. The molecule has 2 aliphatic rings. The van der Waals surface area contributed by atoms with Crippen molar-refractivity contribution in [2.45, 2.75) is 12.5 Å². The van der Waals surface area contributed by atoms with Crippen LogP contribution in [0.2, 0.25) is 5.02 Å². The second kappa shape index (κ2) is 20.9. The lowest BCUT2D eigenvalue weighted by molar-refractivity contribution is -0.135. The molecule has 1 fully saturated rings. The lowest BCUT2D eigenvalue weighted by atomic mass is 9.89. The van der Waals surface area contributed by atoms with Gasteiger partial charge in [-0.1, -0.05) is 23.7 Å². The van der Waals surface area contributed by atoms with Crippen LogP contribution >= 0.6 is 11.6 Å². The van der Waals surface area contributed by atoms with E-state index in [9.17, 15) is 19.5 Å². The van der Waals surface area contributed by atoms with Crippen molar-refractivity contribution >= 4 is 46.8 Å². The monoisotopic (exact) mass is 820 g/mol. The molecular formula is C40H46ClFN8O8. The van der Waals surface area contributed by atoms with Gasteiger partial charge in [-0.25, -0.2) is 9.18 Å². The van der Waals surface area contributed by atoms with Crippen LogP contribution in [0.5, 0.6) is 0 Å². The number of hydrogen-bond acceptors (Lipinski definition) is 12. The number of aromatic carboxylic acids is 1. The summed E-state index contributed by atoms with van der Waals surface area (Å²) in [6.45, 7) is 7.87. The third kappa shape index (κ3) is 10.8. The first-order valence-electron chi connectivity index (χ1n) is 18.9. The Balaban J connectivity index is 1.14. The number of carbonyl (C=O) groups excluding carboxylic acids is 2. The van der Waals surface area contributed by atoms with E-state index in [-0.39, 0.29) is 28.4 Å². The number of piperazine rings is 1. The Morgan fingerprint density at radius 1 is 0.897 bits per heavy atom. The van der Waals surface area contributed by atoms with Gasteiger partial charge in [0.2, 0.25) is 5.91 Å². The Hall–Kier alpha value is -5.30. The first kappa shape index (κ1) is 42.3. The van der Waals surface area contributed by atoms with Crippen molar-refractivity contribution in [1.29, 1.82) is 0 Å². The van der Waals surface area contributed by atoms with E-state index in [4.69, 9.17) is 30.5 Å². The second-order valence-electron chi connectivity index (χ2n) is 13.4. The largest absolute Gasteiger partial charge is 0.478 e. The Morgan fingerprint density at radius 2 is 1.60 bits per heavy atom. The first-order chi connectivity index (χ1) is 28.2. The van der Waals surface area contributed by atoms with Gasteiger partial charge in [-0.05, 0) is 76.5 Å². The van der Waals surface area contributed by atoms with Crippen LogP contribution in [0.4, 0.5) is 15.8 Å². The molecule has 3 aromatic carbocycles. The zero-order chi connectivity index (χ0) is 40.9. The molecule has 1 saturated heterocycles. The smallest absolute Gasteiger partial charge is 0.335 e. The van der Waals surface area contributed by atoms with Crippen LogP contribution in [-0.2, 0) is 35.0 Å². The van der Waals surface area contributed by atoms with Gasteiger partial charge < -0.3 is 39.2 Å². The molecule has 308 valence electrons. The van der Waals surface area contributed by atoms with E-state index >= 15 is 4.39 Å². The zero-order valence-electron chi connectivity index (χ0n) is 32.1. The van der Waals surface area contributed by atoms with Gasteiger partial charge in [-0.2, -0.15) is 4.68 Å². The lowest BCUT2D eigenvalue weighted by Crippen LogP contribution is -2.48. The number of hydrogen-bond donors (Lipinski definition) is 2. The van der Waals surface area contributed by atoms with Gasteiger partial charge in [0.25, 0.3) is 5.91 Å². The van der Waals surface area contributed by atoms with Crippen LogP contribution in [-0.4, -0.2) is 146 Å². The highest BCUT2D eigenvalue weighted by molar-refractivity contribution is 6.31. The Labute approximate surface area is 340 Å². The van der Waals surface area contributed by atoms with Crippen molar-refractivity contribution in [1.82, 2.24) is 30.0 Å². The van der Waals surface area contributed by atoms with E-state index in [1.807, 2.05) is 18.2 Å². The van der Waals surface area contributed by atoms with Crippen LogP contribution in [0.3, 0.4) is 0 Å². The molecule has 1 atom stereocenters. The SMILES string of the molecule is COCCOCCOCCOCCN1CCN(c2cccc3c2CCN(C(=O)/C=C/c2c(-n4cnnn4)ccc(Cl)c2F)C3C(=O)Nc2ccc(C(=O)O)cc2)CC1. The summed E-state index contributed by atoms with van der Waals surface area (Å²) in [7, 11) is 1.63. The van der Waals surface area contributed by atoms with Crippen molar-refractivity contribution in [2.24, 2.45) is 0 Å². The number of carboxylic acids is 1. The maximum Gasteiger partial charge on any atom is 0.335 e. The number of nitrogens with zero attached hydrogens (tertiary/aromatic N) is 7. The summed E-state index contributed by atoms with van der Waals surface area (Å²) in [5.74, 6) is -2.88. The molecule has 0 aliphatic carbocycles. The fourth-order valence-corrected chi connectivity index (χ4v) is 7.06. The molecule has 1 aromatic heterocycles. The third-order valence-electron chi connectivity index (χ3n) is 9.87. The number of anilines is 2. The highest BCUT2D eigenvalue weighted by atomic mass is 35.5. The number of halogens is 2. The molecule has 0 spiro atoms. The quantitative estimate of drug-likeness (QED) is 0.104. The molecule has 1 unspecified atom stereocenters. The third-order valence-corrected chi connectivity index (χ3v) is 10.2. The van der Waals surface area contributed by atoms with Gasteiger partial charge in [0, 0.05) is 69.4 Å². The average molecular weight is 821 g/mol. The van der Waals surface area contributed by atoms with E-state index in [0.717, 1.165) is 44.0 Å². The van der Waals surface area contributed by atoms with Crippen LogP contribution in [0.15, 0.2) is 67.0 Å². The Bertz CT molecular complexity index is 2030. The number of nitrogens with one attached hydrogen (secondary N) is 1. The molecule has 2 N–H and O–H groups in total. The molecule has 3 heterocycles. The summed E-state index contributed by atoms with van der Waals surface area (Å²) in [6, 6.07) is 13.4. The lowest BCUT2D eigenvalue weighted by Gasteiger charge is -2.40. The predicted molar refractivity (Wildman–Crippen MR) is 213 cm³/mol. The highest BCUT2D eigenvalue weighted by Crippen LogP contribution is 2.37. The fraction of sp³-hybridized carbons (Fsp3) is 0.400. The summed E-state index contributed by atoms with van der Waals surface area (Å²) in [4.78, 5) is 45.8. The number of fused-ring (bicyclic) bond motifs is 1. The van der Waals surface area contributed by atoms with E-state index in [2.05, 4.69) is 30.6 Å². The topological polar surface area (TPSA) is 174 Å². The minimum absolute atomic E-state index is 0.0114. The molecule has 18 heteroatoms. The Morgan fingerprint density at radius 3 is 2.28 bits per heavy atom. The molecule has 0 bridgehead atoms. The number of methoxy groups -OCH3 is 1. The summed E-state index contributed by atoms with van der Waals surface area (Å²) < 4.78 is 38.3. The van der Waals surface area contributed by atoms with Crippen LogP contribution in [0.25, 0.3) is 11.8 Å². The number of amides is 2. The van der Waals surface area contributed by atoms with Crippen molar-refractivity contribution in [2.75, 3.05) is 103 Å². The van der Waals surface area contributed by atoms with Crippen LogP contribution in [0.1, 0.15) is 33.1 Å². The maximum atomic E-state index is 15.4. The molecule has 2 amide bonds. The number of benzene rings is 3. The number of aromatic nitrogens is 4. The summed E-state index contributed by atoms with van der Waals surface area (Å²) in [6.07, 6.45) is 4.27. The van der Waals surface area contributed by atoms with Gasteiger partial charge >= 0.3 is 5.97 Å². The maximum absolute atomic E-state index is 15.4. The Kier molecular flexibility index (Phi) is 15.3.